The number of methoxy groups -OCH3 is 1. The molecule has 2 aromatic rings. The first-order valence-electron chi connectivity index (χ1n) is 7.27. The summed E-state index contributed by atoms with van der Waals surface area (Å²) >= 11 is 0. The molecule has 8 heteroatoms. The van der Waals surface area contributed by atoms with Crippen LogP contribution in [0.25, 0.3) is 0 Å². The number of anilines is 1. The van der Waals surface area contributed by atoms with E-state index in [1.165, 1.54) is 0 Å². The van der Waals surface area contributed by atoms with Crippen LogP contribution in [0, 0.1) is 0 Å². The molecule has 1 N–H and O–H groups in total. The van der Waals surface area contributed by atoms with Gasteiger partial charge in [0.2, 0.25) is 10.0 Å². The maximum atomic E-state index is 12.4. The number of hydrogen-bond donors (Lipinski definition) is 1. The molecular formula is C15H18N4O3S. The Hall–Kier alpha value is -2.19. The van der Waals surface area contributed by atoms with Gasteiger partial charge in [-0.05, 0) is 18.6 Å². The van der Waals surface area contributed by atoms with Crippen LogP contribution in [0.4, 0.5) is 5.82 Å². The normalized spacial score (nSPS) is 18.1. The number of nitrogens with one attached hydrogen (secondary N) is 1. The maximum Gasteiger partial charge on any atom is 0.257 e. The van der Waals surface area contributed by atoms with Gasteiger partial charge in [0.25, 0.3) is 5.88 Å². The fourth-order valence-corrected chi connectivity index (χ4v) is 3.90. The average molecular weight is 334 g/mol. The minimum Gasteiger partial charge on any atom is -0.478 e. The summed E-state index contributed by atoms with van der Waals surface area (Å²) in [5.74, 6) is 1.08. The van der Waals surface area contributed by atoms with E-state index < -0.39 is 10.0 Å². The number of sulfonamides is 1. The highest BCUT2D eigenvalue weighted by Crippen LogP contribution is 2.26. The summed E-state index contributed by atoms with van der Waals surface area (Å²) in [7, 11) is -1.97. The standard InChI is InChI=1S/C15H18N4O3S/c1-22-15-14(16-8-9-17-15)19-10-7-12(11-19)18-23(20,21)13-5-3-2-4-6-13/h2-6,8-9,12,18H,7,10-11H2,1H3. The van der Waals surface area contributed by atoms with Crippen molar-refractivity contribution in [2.75, 3.05) is 25.1 Å². The highest BCUT2D eigenvalue weighted by atomic mass is 32.2. The Bertz CT molecular complexity index is 767. The van der Waals surface area contributed by atoms with Crippen LogP contribution in [0.15, 0.2) is 47.6 Å². The molecule has 1 aliphatic heterocycles. The molecule has 2 heterocycles. The largest absolute Gasteiger partial charge is 0.478 e. The molecule has 1 fully saturated rings. The van der Waals surface area contributed by atoms with E-state index in [1.54, 1.807) is 49.8 Å². The van der Waals surface area contributed by atoms with Crippen LogP contribution in [-0.4, -0.2) is 44.6 Å². The number of aromatic nitrogens is 2. The van der Waals surface area contributed by atoms with Crippen molar-refractivity contribution in [2.24, 2.45) is 0 Å². The Kier molecular flexibility index (Phi) is 4.44. The second-order valence-electron chi connectivity index (χ2n) is 5.26. The van der Waals surface area contributed by atoms with Crippen LogP contribution in [0.3, 0.4) is 0 Å². The molecule has 0 aliphatic carbocycles. The van der Waals surface area contributed by atoms with Gasteiger partial charge in [-0.2, -0.15) is 0 Å². The average Bonchev–Trinajstić information content (AvgIpc) is 3.03. The number of rotatable bonds is 5. The van der Waals surface area contributed by atoms with Crippen LogP contribution >= 0.6 is 0 Å². The Labute approximate surface area is 135 Å². The van der Waals surface area contributed by atoms with E-state index in [9.17, 15) is 8.42 Å². The van der Waals surface area contributed by atoms with Crippen molar-refractivity contribution in [1.82, 2.24) is 14.7 Å². The predicted molar refractivity (Wildman–Crippen MR) is 86.0 cm³/mol. The minimum atomic E-state index is -3.51. The molecule has 1 atom stereocenters. The minimum absolute atomic E-state index is 0.174. The van der Waals surface area contributed by atoms with Gasteiger partial charge < -0.3 is 9.64 Å². The predicted octanol–water partition coefficient (Wildman–Crippen LogP) is 1.04. The molecule has 122 valence electrons. The van der Waals surface area contributed by atoms with E-state index in [0.29, 0.717) is 31.2 Å². The second kappa shape index (κ2) is 6.51. The Morgan fingerprint density at radius 1 is 1.22 bits per heavy atom. The fourth-order valence-electron chi connectivity index (χ4n) is 2.61. The van der Waals surface area contributed by atoms with E-state index in [4.69, 9.17) is 4.74 Å². The van der Waals surface area contributed by atoms with Crippen molar-refractivity contribution in [3.8, 4) is 5.88 Å². The van der Waals surface area contributed by atoms with Crippen molar-refractivity contribution < 1.29 is 13.2 Å². The summed E-state index contributed by atoms with van der Waals surface area (Å²) < 4.78 is 32.7. The molecule has 1 aromatic heterocycles. The molecule has 1 aromatic carbocycles. The summed E-state index contributed by atoms with van der Waals surface area (Å²) in [6, 6.07) is 8.20. The molecule has 0 radical (unpaired) electrons. The molecule has 3 rings (SSSR count). The molecule has 1 aliphatic rings. The van der Waals surface area contributed by atoms with Crippen LogP contribution in [0.1, 0.15) is 6.42 Å². The molecule has 0 bridgehead atoms. The SMILES string of the molecule is COc1nccnc1N1CCC(NS(=O)(=O)c2ccccc2)C1. The molecule has 1 unspecified atom stereocenters. The van der Waals surface area contributed by atoms with Crippen LogP contribution < -0.4 is 14.4 Å². The first-order valence-corrected chi connectivity index (χ1v) is 8.76. The summed E-state index contributed by atoms with van der Waals surface area (Å²) in [6.07, 6.45) is 3.86. The van der Waals surface area contributed by atoms with Gasteiger partial charge in [-0.15, -0.1) is 0 Å². The maximum absolute atomic E-state index is 12.4. The monoisotopic (exact) mass is 334 g/mol. The number of hydrogen-bond acceptors (Lipinski definition) is 6. The first-order chi connectivity index (χ1) is 11.1. The summed E-state index contributed by atoms with van der Waals surface area (Å²) in [6.45, 7) is 1.22. The molecule has 7 nitrogen and oxygen atoms in total. The quantitative estimate of drug-likeness (QED) is 0.879. The number of benzene rings is 1. The van der Waals surface area contributed by atoms with Crippen LogP contribution in [0.5, 0.6) is 5.88 Å². The topological polar surface area (TPSA) is 84.4 Å². The third kappa shape index (κ3) is 3.43. The summed E-state index contributed by atoms with van der Waals surface area (Å²) in [4.78, 5) is 10.7. The van der Waals surface area contributed by atoms with Gasteiger partial charge in [-0.25, -0.2) is 23.1 Å². The third-order valence-electron chi connectivity index (χ3n) is 3.70. The van der Waals surface area contributed by atoms with Gasteiger partial charge in [0, 0.05) is 31.5 Å². The lowest BCUT2D eigenvalue weighted by Gasteiger charge is -2.19. The molecule has 0 saturated carbocycles. The summed E-state index contributed by atoms with van der Waals surface area (Å²) in [5, 5.41) is 0. The Morgan fingerprint density at radius 2 is 1.96 bits per heavy atom. The van der Waals surface area contributed by atoms with Crippen LogP contribution in [0.2, 0.25) is 0 Å². The lowest BCUT2D eigenvalue weighted by atomic mass is 10.3. The van der Waals surface area contributed by atoms with E-state index in [-0.39, 0.29) is 10.9 Å². The van der Waals surface area contributed by atoms with Gasteiger partial charge in [0.05, 0.1) is 12.0 Å². The fraction of sp³-hybridized carbons (Fsp3) is 0.333. The lowest BCUT2D eigenvalue weighted by molar-refractivity contribution is 0.396. The zero-order valence-corrected chi connectivity index (χ0v) is 13.5. The van der Waals surface area contributed by atoms with Crippen molar-refractivity contribution in [3.63, 3.8) is 0 Å². The zero-order valence-electron chi connectivity index (χ0n) is 12.7. The summed E-state index contributed by atoms with van der Waals surface area (Å²) in [5.41, 5.74) is 0. The van der Waals surface area contributed by atoms with E-state index >= 15 is 0 Å². The van der Waals surface area contributed by atoms with Gasteiger partial charge in [0.15, 0.2) is 5.82 Å². The third-order valence-corrected chi connectivity index (χ3v) is 5.24. The molecular weight excluding hydrogens is 316 g/mol. The molecule has 1 saturated heterocycles. The van der Waals surface area contributed by atoms with Gasteiger partial charge in [-0.3, -0.25) is 0 Å². The Morgan fingerprint density at radius 3 is 2.70 bits per heavy atom. The van der Waals surface area contributed by atoms with E-state index in [0.717, 1.165) is 0 Å². The van der Waals surface area contributed by atoms with Crippen molar-refractivity contribution in [2.45, 2.75) is 17.4 Å². The van der Waals surface area contributed by atoms with Crippen molar-refractivity contribution in [1.29, 1.82) is 0 Å². The van der Waals surface area contributed by atoms with Crippen LogP contribution in [-0.2, 0) is 10.0 Å². The van der Waals surface area contributed by atoms with Gasteiger partial charge >= 0.3 is 0 Å². The smallest absolute Gasteiger partial charge is 0.257 e. The first kappa shape index (κ1) is 15.7. The van der Waals surface area contributed by atoms with E-state index in [1.807, 2.05) is 4.90 Å². The zero-order chi connectivity index (χ0) is 16.3. The number of ether oxygens (including phenoxy) is 1. The van der Waals surface area contributed by atoms with Crippen molar-refractivity contribution in [3.05, 3.63) is 42.7 Å². The molecule has 23 heavy (non-hydrogen) atoms. The van der Waals surface area contributed by atoms with Gasteiger partial charge in [-0.1, -0.05) is 18.2 Å². The molecule has 0 amide bonds. The lowest BCUT2D eigenvalue weighted by Crippen LogP contribution is -2.37. The number of nitrogens with zero attached hydrogens (tertiary/aromatic N) is 3. The highest BCUT2D eigenvalue weighted by Gasteiger charge is 2.29. The Balaban J connectivity index is 1.71. The van der Waals surface area contributed by atoms with E-state index in [2.05, 4.69) is 14.7 Å². The molecule has 0 spiro atoms. The second-order valence-corrected chi connectivity index (χ2v) is 6.97. The van der Waals surface area contributed by atoms with Crippen molar-refractivity contribution >= 4 is 15.8 Å². The highest BCUT2D eigenvalue weighted by molar-refractivity contribution is 7.89. The van der Waals surface area contributed by atoms with Gasteiger partial charge in [0.1, 0.15) is 0 Å².